The molecule has 2 rings (SSSR count). The van der Waals surface area contributed by atoms with E-state index < -0.39 is 0 Å². The number of aryl methyl sites for hydroxylation is 2. The minimum absolute atomic E-state index is 0.119. The molecule has 1 N–H and O–H groups in total. The highest BCUT2D eigenvalue weighted by atomic mass is 32.1. The van der Waals surface area contributed by atoms with Crippen LogP contribution in [0.4, 0.5) is 0 Å². The van der Waals surface area contributed by atoms with E-state index >= 15 is 0 Å². The van der Waals surface area contributed by atoms with Crippen LogP contribution in [0.3, 0.4) is 0 Å². The molecular formula is C15H23NO2S. The quantitative estimate of drug-likeness (QED) is 0.836. The molecule has 1 amide bonds. The lowest BCUT2D eigenvalue weighted by Crippen LogP contribution is -2.33. The number of nitrogens with one attached hydrogen (secondary N) is 1. The number of carbonyl (C=O) groups excluding carboxylic acids is 1. The Bertz CT molecular complexity index is 420. The average molecular weight is 281 g/mol. The van der Waals surface area contributed by atoms with Crippen molar-refractivity contribution in [3.8, 4) is 0 Å². The summed E-state index contributed by atoms with van der Waals surface area (Å²) in [5.41, 5.74) is 3.56. The van der Waals surface area contributed by atoms with Crippen LogP contribution in [0.2, 0.25) is 0 Å². The van der Waals surface area contributed by atoms with Gasteiger partial charge in [-0.15, -0.1) is 11.3 Å². The third-order valence-electron chi connectivity index (χ3n) is 3.17. The fraction of sp³-hybridized carbons (Fsp3) is 0.667. The molecule has 0 fully saturated rings. The minimum atomic E-state index is -0.360. The van der Waals surface area contributed by atoms with Gasteiger partial charge in [0.1, 0.15) is 0 Å². The van der Waals surface area contributed by atoms with Gasteiger partial charge in [0.05, 0.1) is 10.5 Å². The van der Waals surface area contributed by atoms with E-state index in [1.165, 1.54) is 36.1 Å². The van der Waals surface area contributed by atoms with Gasteiger partial charge in [-0.1, -0.05) is 12.8 Å². The molecule has 0 unspecified atom stereocenters. The highest BCUT2D eigenvalue weighted by Gasteiger charge is 2.18. The number of amides is 1. The van der Waals surface area contributed by atoms with Crippen molar-refractivity contribution in [1.82, 2.24) is 5.48 Å². The molecule has 0 spiro atoms. The molecule has 1 aromatic heterocycles. The zero-order valence-corrected chi connectivity index (χ0v) is 12.9. The Morgan fingerprint density at radius 3 is 2.58 bits per heavy atom. The van der Waals surface area contributed by atoms with Crippen LogP contribution < -0.4 is 5.48 Å². The normalized spacial score (nSPS) is 16.4. The second-order valence-electron chi connectivity index (χ2n) is 6.12. The summed E-state index contributed by atoms with van der Waals surface area (Å²) in [5.74, 6) is -0.119. The van der Waals surface area contributed by atoms with E-state index in [1.54, 1.807) is 11.3 Å². The molecule has 0 bridgehead atoms. The SMILES string of the molecule is CC(C)(C)ONC(=O)c1cc2c(s1)CCCCCC2. The van der Waals surface area contributed by atoms with E-state index in [1.807, 2.05) is 26.8 Å². The molecule has 4 heteroatoms. The van der Waals surface area contributed by atoms with Crippen molar-refractivity contribution in [2.45, 2.75) is 64.9 Å². The lowest BCUT2D eigenvalue weighted by atomic mass is 10.00. The van der Waals surface area contributed by atoms with Crippen molar-refractivity contribution in [1.29, 1.82) is 0 Å². The highest BCUT2D eigenvalue weighted by Crippen LogP contribution is 2.28. The van der Waals surface area contributed by atoms with Crippen LogP contribution in [0.1, 0.15) is 66.6 Å². The van der Waals surface area contributed by atoms with Crippen molar-refractivity contribution in [3.05, 3.63) is 21.4 Å². The molecule has 1 heterocycles. The van der Waals surface area contributed by atoms with Crippen LogP contribution >= 0.6 is 11.3 Å². The monoisotopic (exact) mass is 281 g/mol. The fourth-order valence-electron chi connectivity index (χ4n) is 2.21. The molecule has 0 atom stereocenters. The first kappa shape index (κ1) is 14.5. The summed E-state index contributed by atoms with van der Waals surface area (Å²) in [6.45, 7) is 5.75. The topological polar surface area (TPSA) is 38.3 Å². The zero-order chi connectivity index (χ0) is 13.9. The van der Waals surface area contributed by atoms with Gasteiger partial charge in [0, 0.05) is 4.88 Å². The number of rotatable bonds is 2. The second-order valence-corrected chi connectivity index (χ2v) is 7.26. The minimum Gasteiger partial charge on any atom is -0.268 e. The summed E-state index contributed by atoms with van der Waals surface area (Å²) in [4.78, 5) is 19.6. The van der Waals surface area contributed by atoms with Gasteiger partial charge < -0.3 is 0 Å². The van der Waals surface area contributed by atoms with E-state index in [9.17, 15) is 4.79 Å². The number of hydrogen-bond acceptors (Lipinski definition) is 3. The van der Waals surface area contributed by atoms with Crippen molar-refractivity contribution in [2.75, 3.05) is 0 Å². The number of hydrogen-bond donors (Lipinski definition) is 1. The Labute approximate surface area is 119 Å². The van der Waals surface area contributed by atoms with Crippen LogP contribution in [0.25, 0.3) is 0 Å². The van der Waals surface area contributed by atoms with Gasteiger partial charge in [-0.3, -0.25) is 9.63 Å². The molecule has 0 aromatic carbocycles. The lowest BCUT2D eigenvalue weighted by Gasteiger charge is -2.18. The van der Waals surface area contributed by atoms with E-state index in [0.29, 0.717) is 0 Å². The maximum Gasteiger partial charge on any atom is 0.284 e. The second kappa shape index (κ2) is 6.06. The summed E-state index contributed by atoms with van der Waals surface area (Å²) in [6.07, 6.45) is 7.33. The first-order chi connectivity index (χ1) is 8.96. The van der Waals surface area contributed by atoms with Crippen LogP contribution in [-0.2, 0) is 17.7 Å². The van der Waals surface area contributed by atoms with Gasteiger partial charge >= 0.3 is 0 Å². The van der Waals surface area contributed by atoms with E-state index in [-0.39, 0.29) is 11.5 Å². The molecule has 1 aliphatic carbocycles. The van der Waals surface area contributed by atoms with Crippen molar-refractivity contribution < 1.29 is 9.63 Å². The summed E-state index contributed by atoms with van der Waals surface area (Å²) >= 11 is 1.62. The Kier molecular flexibility index (Phi) is 4.63. The highest BCUT2D eigenvalue weighted by molar-refractivity contribution is 7.14. The van der Waals surface area contributed by atoms with Gasteiger partial charge in [0.25, 0.3) is 5.91 Å². The Hall–Kier alpha value is -0.870. The third kappa shape index (κ3) is 4.32. The number of hydroxylamine groups is 1. The fourth-order valence-corrected chi connectivity index (χ4v) is 3.35. The number of fused-ring (bicyclic) bond motifs is 1. The molecule has 0 saturated heterocycles. The van der Waals surface area contributed by atoms with E-state index in [2.05, 4.69) is 5.48 Å². The van der Waals surface area contributed by atoms with Gasteiger partial charge in [-0.05, 0) is 58.1 Å². The maximum absolute atomic E-state index is 12.1. The van der Waals surface area contributed by atoms with Gasteiger partial charge in [0.2, 0.25) is 0 Å². The third-order valence-corrected chi connectivity index (χ3v) is 4.41. The predicted octanol–water partition coefficient (Wildman–Crippen LogP) is 3.87. The Morgan fingerprint density at radius 1 is 1.21 bits per heavy atom. The maximum atomic E-state index is 12.1. The average Bonchev–Trinajstić information content (AvgIpc) is 2.68. The van der Waals surface area contributed by atoms with Crippen LogP contribution in [0.5, 0.6) is 0 Å². The largest absolute Gasteiger partial charge is 0.284 e. The molecule has 3 nitrogen and oxygen atoms in total. The van der Waals surface area contributed by atoms with Crippen LogP contribution in [-0.4, -0.2) is 11.5 Å². The number of carbonyl (C=O) groups is 1. The molecule has 1 aliphatic rings. The Morgan fingerprint density at radius 2 is 1.89 bits per heavy atom. The molecule has 0 radical (unpaired) electrons. The molecule has 0 saturated carbocycles. The van der Waals surface area contributed by atoms with Crippen LogP contribution in [0, 0.1) is 0 Å². The smallest absolute Gasteiger partial charge is 0.268 e. The summed E-state index contributed by atoms with van der Waals surface area (Å²) in [6, 6.07) is 2.05. The van der Waals surface area contributed by atoms with E-state index in [0.717, 1.165) is 17.7 Å². The summed E-state index contributed by atoms with van der Waals surface area (Å²) in [7, 11) is 0. The van der Waals surface area contributed by atoms with E-state index in [4.69, 9.17) is 4.84 Å². The van der Waals surface area contributed by atoms with Crippen molar-refractivity contribution >= 4 is 17.2 Å². The van der Waals surface area contributed by atoms with Gasteiger partial charge in [0.15, 0.2) is 0 Å². The first-order valence-electron chi connectivity index (χ1n) is 7.06. The van der Waals surface area contributed by atoms with Crippen LogP contribution in [0.15, 0.2) is 6.07 Å². The molecule has 106 valence electrons. The Balaban J connectivity index is 2.04. The molecule has 19 heavy (non-hydrogen) atoms. The van der Waals surface area contributed by atoms with Gasteiger partial charge in [-0.25, -0.2) is 5.48 Å². The molecule has 0 aliphatic heterocycles. The molecular weight excluding hydrogens is 258 g/mol. The zero-order valence-electron chi connectivity index (χ0n) is 12.0. The van der Waals surface area contributed by atoms with Gasteiger partial charge in [-0.2, -0.15) is 0 Å². The predicted molar refractivity (Wildman–Crippen MR) is 78.5 cm³/mol. The van der Waals surface area contributed by atoms with Crippen molar-refractivity contribution in [2.24, 2.45) is 0 Å². The number of thiophene rings is 1. The summed E-state index contributed by atoms with van der Waals surface area (Å²) < 4.78 is 0. The lowest BCUT2D eigenvalue weighted by molar-refractivity contribution is -0.0588. The standard InChI is InChI=1S/C15H23NO2S/c1-15(2,3)18-16-14(17)13-10-11-8-6-4-5-7-9-12(11)19-13/h10H,4-9H2,1-3H3,(H,16,17). The molecule has 1 aromatic rings. The first-order valence-corrected chi connectivity index (χ1v) is 7.87. The van der Waals surface area contributed by atoms with Crippen molar-refractivity contribution in [3.63, 3.8) is 0 Å². The summed E-state index contributed by atoms with van der Waals surface area (Å²) in [5, 5.41) is 0.